The third-order valence-corrected chi connectivity index (χ3v) is 4.34. The maximum atomic E-state index is 12.1. The highest BCUT2D eigenvalue weighted by Gasteiger charge is 2.33. The van der Waals surface area contributed by atoms with Crippen LogP contribution in [0.1, 0.15) is 18.5 Å². The minimum absolute atomic E-state index is 0.134. The molecule has 0 saturated heterocycles. The van der Waals surface area contributed by atoms with Crippen LogP contribution in [-0.2, 0) is 4.79 Å². The number of allylic oxidation sites excluding steroid dienone is 1. The van der Waals surface area contributed by atoms with Gasteiger partial charge in [0.25, 0.3) is 0 Å². The topological polar surface area (TPSA) is 106 Å². The number of phenolic OH excluding ortho intramolecular Hbond substituents is 1. The van der Waals surface area contributed by atoms with Gasteiger partial charge in [-0.05, 0) is 24.6 Å². The van der Waals surface area contributed by atoms with Gasteiger partial charge in [-0.1, -0.05) is 42.5 Å². The number of aromatic nitrogens is 3. The number of rotatable bonds is 3. The van der Waals surface area contributed by atoms with Crippen molar-refractivity contribution in [1.29, 1.82) is 0 Å². The first-order valence-electron chi connectivity index (χ1n) is 8.13. The lowest BCUT2D eigenvalue weighted by atomic mass is 9.95. The molecule has 4 N–H and O–H groups in total. The van der Waals surface area contributed by atoms with E-state index < -0.39 is 11.9 Å². The van der Waals surface area contributed by atoms with Crippen LogP contribution in [0.25, 0.3) is 11.4 Å². The largest absolute Gasteiger partial charge is 0.508 e. The summed E-state index contributed by atoms with van der Waals surface area (Å²) in [5, 5.41) is 17.4. The van der Waals surface area contributed by atoms with Crippen molar-refractivity contribution in [3.63, 3.8) is 0 Å². The van der Waals surface area contributed by atoms with Crippen LogP contribution in [0.2, 0.25) is 0 Å². The molecule has 7 heteroatoms. The summed E-state index contributed by atoms with van der Waals surface area (Å²) in [6.07, 6.45) is 0. The number of aromatic hydroxyl groups is 1. The molecule has 0 saturated carbocycles. The van der Waals surface area contributed by atoms with Gasteiger partial charge >= 0.3 is 0 Å². The van der Waals surface area contributed by atoms with Crippen LogP contribution in [0.4, 0.5) is 5.95 Å². The molecular formula is C19H17N5O2. The summed E-state index contributed by atoms with van der Waals surface area (Å²) >= 11 is 0. The zero-order valence-corrected chi connectivity index (χ0v) is 14.0. The summed E-state index contributed by atoms with van der Waals surface area (Å²) in [6.45, 7) is 1.79. The molecule has 1 aliphatic rings. The number of nitrogens with two attached hydrogens (primary N) is 1. The Balaban J connectivity index is 1.89. The van der Waals surface area contributed by atoms with E-state index in [1.807, 2.05) is 36.4 Å². The number of phenols is 1. The number of hydrogen-bond acceptors (Lipinski definition) is 5. The third kappa shape index (κ3) is 2.59. The molecule has 0 spiro atoms. The van der Waals surface area contributed by atoms with Gasteiger partial charge in [0.15, 0.2) is 5.82 Å². The van der Waals surface area contributed by atoms with Crippen LogP contribution in [0.15, 0.2) is 65.9 Å². The fourth-order valence-electron chi connectivity index (χ4n) is 3.18. The fraction of sp³-hybridized carbons (Fsp3) is 0.105. The van der Waals surface area contributed by atoms with Gasteiger partial charge in [-0.3, -0.25) is 4.79 Å². The second-order valence-corrected chi connectivity index (χ2v) is 6.10. The number of carbonyl (C=O) groups excluding carboxylic acids is 1. The molecule has 26 heavy (non-hydrogen) atoms. The van der Waals surface area contributed by atoms with E-state index in [2.05, 4.69) is 15.4 Å². The fourth-order valence-corrected chi connectivity index (χ4v) is 3.18. The number of benzene rings is 2. The Morgan fingerprint density at radius 1 is 1.19 bits per heavy atom. The van der Waals surface area contributed by atoms with Gasteiger partial charge in [0.05, 0.1) is 5.57 Å². The number of carbonyl (C=O) groups is 1. The highest BCUT2D eigenvalue weighted by Crippen LogP contribution is 2.36. The number of fused-ring (bicyclic) bond motifs is 1. The van der Waals surface area contributed by atoms with Crippen molar-refractivity contribution in [2.24, 2.45) is 5.73 Å². The second-order valence-electron chi connectivity index (χ2n) is 6.10. The van der Waals surface area contributed by atoms with E-state index in [0.717, 1.165) is 5.56 Å². The van der Waals surface area contributed by atoms with Crippen molar-refractivity contribution in [3.05, 3.63) is 71.4 Å². The van der Waals surface area contributed by atoms with Crippen molar-refractivity contribution in [3.8, 4) is 17.1 Å². The number of nitrogens with zero attached hydrogens (tertiary/aromatic N) is 3. The van der Waals surface area contributed by atoms with Gasteiger partial charge < -0.3 is 16.2 Å². The smallest absolute Gasteiger partial charge is 0.248 e. The van der Waals surface area contributed by atoms with Crippen molar-refractivity contribution >= 4 is 11.9 Å². The molecule has 1 unspecified atom stereocenters. The van der Waals surface area contributed by atoms with Crippen LogP contribution < -0.4 is 11.1 Å². The van der Waals surface area contributed by atoms with E-state index in [1.165, 1.54) is 0 Å². The number of primary amides is 1. The van der Waals surface area contributed by atoms with Crippen LogP contribution in [0.5, 0.6) is 5.75 Å². The quantitative estimate of drug-likeness (QED) is 0.675. The Morgan fingerprint density at radius 3 is 2.65 bits per heavy atom. The van der Waals surface area contributed by atoms with Gasteiger partial charge in [0.2, 0.25) is 11.9 Å². The first-order valence-corrected chi connectivity index (χ1v) is 8.13. The van der Waals surface area contributed by atoms with Crippen molar-refractivity contribution < 1.29 is 9.90 Å². The average molecular weight is 347 g/mol. The lowest BCUT2D eigenvalue weighted by Gasteiger charge is -2.27. The molecule has 1 atom stereocenters. The van der Waals surface area contributed by atoms with Crippen molar-refractivity contribution in [2.45, 2.75) is 13.0 Å². The molecule has 1 aromatic heterocycles. The van der Waals surface area contributed by atoms with E-state index >= 15 is 0 Å². The van der Waals surface area contributed by atoms with Gasteiger partial charge in [-0.2, -0.15) is 4.98 Å². The molecule has 1 amide bonds. The zero-order valence-electron chi connectivity index (χ0n) is 14.0. The molecule has 130 valence electrons. The lowest BCUT2D eigenvalue weighted by Crippen LogP contribution is -2.31. The van der Waals surface area contributed by atoms with Crippen LogP contribution in [-0.4, -0.2) is 25.8 Å². The number of amides is 1. The van der Waals surface area contributed by atoms with Crippen LogP contribution in [0.3, 0.4) is 0 Å². The molecule has 2 aromatic carbocycles. The molecule has 0 radical (unpaired) electrons. The molecular weight excluding hydrogens is 330 g/mol. The predicted molar refractivity (Wildman–Crippen MR) is 97.2 cm³/mol. The monoisotopic (exact) mass is 347 g/mol. The van der Waals surface area contributed by atoms with Gasteiger partial charge in [-0.25, -0.2) is 4.68 Å². The first kappa shape index (κ1) is 15.9. The number of anilines is 1. The standard InChI is InChI=1S/C19H17N5O2/c1-11-15(17(20)26)16(12-6-3-2-4-7-12)24-19(21-11)22-18(23-24)13-8-5-9-14(25)10-13/h2-10,16,25H,1H3,(H2,20,26)(H,21,22,23). The molecule has 0 bridgehead atoms. The van der Waals surface area contributed by atoms with E-state index in [9.17, 15) is 9.90 Å². The highest BCUT2D eigenvalue weighted by molar-refractivity contribution is 5.95. The molecule has 1 aliphatic heterocycles. The molecule has 2 heterocycles. The molecule has 3 aromatic rings. The molecule has 4 rings (SSSR count). The van der Waals surface area contributed by atoms with E-state index in [1.54, 1.807) is 29.8 Å². The van der Waals surface area contributed by atoms with Crippen molar-refractivity contribution in [1.82, 2.24) is 14.8 Å². The minimum Gasteiger partial charge on any atom is -0.508 e. The Labute approximate surface area is 149 Å². The van der Waals surface area contributed by atoms with E-state index in [-0.39, 0.29) is 5.75 Å². The summed E-state index contributed by atoms with van der Waals surface area (Å²) in [5.74, 6) is 0.585. The van der Waals surface area contributed by atoms with Gasteiger partial charge in [0, 0.05) is 11.3 Å². The van der Waals surface area contributed by atoms with Gasteiger partial charge in [-0.15, -0.1) is 5.10 Å². The van der Waals surface area contributed by atoms with Crippen LogP contribution >= 0.6 is 0 Å². The minimum atomic E-state index is -0.510. The van der Waals surface area contributed by atoms with E-state index in [4.69, 9.17) is 5.73 Å². The lowest BCUT2D eigenvalue weighted by molar-refractivity contribution is -0.115. The number of hydrogen-bond donors (Lipinski definition) is 3. The Morgan fingerprint density at radius 2 is 1.96 bits per heavy atom. The van der Waals surface area contributed by atoms with Crippen LogP contribution in [0, 0.1) is 0 Å². The first-order chi connectivity index (χ1) is 12.5. The Kier molecular flexibility index (Phi) is 3.69. The number of nitrogens with one attached hydrogen (secondary N) is 1. The second kappa shape index (κ2) is 6.03. The van der Waals surface area contributed by atoms with Crippen molar-refractivity contribution in [2.75, 3.05) is 5.32 Å². The third-order valence-electron chi connectivity index (χ3n) is 4.34. The molecule has 0 aliphatic carbocycles. The predicted octanol–water partition coefficient (Wildman–Crippen LogP) is 2.42. The van der Waals surface area contributed by atoms with E-state index in [0.29, 0.717) is 28.6 Å². The maximum absolute atomic E-state index is 12.1. The summed E-state index contributed by atoms with van der Waals surface area (Å²) < 4.78 is 1.65. The van der Waals surface area contributed by atoms with Gasteiger partial charge in [0.1, 0.15) is 11.8 Å². The highest BCUT2D eigenvalue weighted by atomic mass is 16.3. The molecule has 7 nitrogen and oxygen atoms in total. The SMILES string of the molecule is CC1=C(C(N)=O)C(c2ccccc2)n2nc(-c3cccc(O)c3)nc2N1. The normalized spacial score (nSPS) is 16.1. The summed E-state index contributed by atoms with van der Waals surface area (Å²) in [4.78, 5) is 16.6. The Hall–Kier alpha value is -3.61. The molecule has 0 fully saturated rings. The summed E-state index contributed by atoms with van der Waals surface area (Å²) in [5.41, 5.74) is 8.30. The average Bonchev–Trinajstić information content (AvgIpc) is 3.04. The zero-order chi connectivity index (χ0) is 18.3. The summed E-state index contributed by atoms with van der Waals surface area (Å²) in [7, 11) is 0. The Bertz CT molecular complexity index is 1020. The summed E-state index contributed by atoms with van der Waals surface area (Å²) in [6, 6.07) is 15.8. The maximum Gasteiger partial charge on any atom is 0.248 e.